The van der Waals surface area contributed by atoms with Crippen molar-refractivity contribution in [2.75, 3.05) is 40.0 Å². The second-order valence-electron chi connectivity index (χ2n) is 6.28. The Kier molecular flexibility index (Phi) is 6.91. The fourth-order valence-electron chi connectivity index (χ4n) is 2.92. The number of Topliss-reactive ketones (excluding diaryl/α,β-unsaturated/α-hetero) is 1. The van der Waals surface area contributed by atoms with E-state index in [1.54, 1.807) is 43.5 Å². The Hall–Kier alpha value is -1.85. The Morgan fingerprint density at radius 1 is 1.15 bits per heavy atom. The molecule has 0 aliphatic carbocycles. The first-order valence-electron chi connectivity index (χ1n) is 8.71. The SMILES string of the molecule is COc1ccc(C(=O)/C(=C/c2ccc(Cl)cc2Cl)CN2CCOCC2)cc1. The molecule has 0 unspecified atom stereocenters. The molecule has 4 nitrogen and oxygen atoms in total. The van der Waals surface area contributed by atoms with Gasteiger partial charge in [0.05, 0.1) is 20.3 Å². The molecule has 1 aliphatic rings. The van der Waals surface area contributed by atoms with E-state index in [0.717, 1.165) is 18.7 Å². The molecule has 0 spiro atoms. The van der Waals surface area contributed by atoms with E-state index >= 15 is 0 Å². The summed E-state index contributed by atoms with van der Waals surface area (Å²) >= 11 is 12.3. The first-order valence-corrected chi connectivity index (χ1v) is 9.47. The fourth-order valence-corrected chi connectivity index (χ4v) is 3.38. The lowest BCUT2D eigenvalue weighted by Crippen LogP contribution is -2.38. The average molecular weight is 406 g/mol. The van der Waals surface area contributed by atoms with E-state index in [0.29, 0.717) is 46.7 Å². The first-order chi connectivity index (χ1) is 13.1. The summed E-state index contributed by atoms with van der Waals surface area (Å²) in [6, 6.07) is 12.4. The lowest BCUT2D eigenvalue weighted by molar-refractivity contribution is 0.0419. The van der Waals surface area contributed by atoms with Crippen molar-refractivity contribution >= 4 is 35.1 Å². The van der Waals surface area contributed by atoms with Gasteiger partial charge < -0.3 is 9.47 Å². The highest BCUT2D eigenvalue weighted by Gasteiger charge is 2.19. The lowest BCUT2D eigenvalue weighted by atomic mass is 10.00. The van der Waals surface area contributed by atoms with E-state index in [-0.39, 0.29) is 5.78 Å². The number of hydrogen-bond donors (Lipinski definition) is 0. The Morgan fingerprint density at radius 2 is 1.85 bits per heavy atom. The Morgan fingerprint density at radius 3 is 2.48 bits per heavy atom. The first kappa shape index (κ1) is 19.9. The van der Waals surface area contributed by atoms with Crippen LogP contribution in [0.2, 0.25) is 10.0 Å². The molecule has 3 rings (SSSR count). The molecule has 0 bridgehead atoms. The molecule has 0 saturated carbocycles. The Balaban J connectivity index is 1.92. The number of morpholine rings is 1. The number of benzene rings is 2. The third-order valence-corrected chi connectivity index (χ3v) is 5.00. The molecule has 142 valence electrons. The highest BCUT2D eigenvalue weighted by molar-refractivity contribution is 6.35. The molecule has 1 saturated heterocycles. The summed E-state index contributed by atoms with van der Waals surface area (Å²) in [6.07, 6.45) is 1.85. The van der Waals surface area contributed by atoms with Gasteiger partial charge in [-0.1, -0.05) is 29.3 Å². The normalized spacial score (nSPS) is 15.6. The summed E-state index contributed by atoms with van der Waals surface area (Å²) < 4.78 is 10.6. The number of nitrogens with zero attached hydrogens (tertiary/aromatic N) is 1. The zero-order chi connectivity index (χ0) is 19.2. The van der Waals surface area contributed by atoms with Gasteiger partial charge in [-0.2, -0.15) is 0 Å². The van der Waals surface area contributed by atoms with Crippen LogP contribution in [0.25, 0.3) is 6.08 Å². The van der Waals surface area contributed by atoms with Gasteiger partial charge in [-0.15, -0.1) is 0 Å². The van der Waals surface area contributed by atoms with E-state index < -0.39 is 0 Å². The van der Waals surface area contributed by atoms with Crippen LogP contribution in [-0.4, -0.2) is 50.6 Å². The van der Waals surface area contributed by atoms with Crippen molar-refractivity contribution in [1.82, 2.24) is 4.90 Å². The maximum absolute atomic E-state index is 13.2. The predicted molar refractivity (Wildman–Crippen MR) is 109 cm³/mol. The highest BCUT2D eigenvalue weighted by Crippen LogP contribution is 2.25. The molecule has 2 aromatic carbocycles. The Bertz CT molecular complexity index is 828. The number of ketones is 1. The predicted octanol–water partition coefficient (Wildman–Crippen LogP) is 4.60. The van der Waals surface area contributed by atoms with Gasteiger partial charge in [0.25, 0.3) is 0 Å². The summed E-state index contributed by atoms with van der Waals surface area (Å²) in [5.74, 6) is 0.682. The molecule has 0 N–H and O–H groups in total. The van der Waals surface area contributed by atoms with Crippen molar-refractivity contribution in [1.29, 1.82) is 0 Å². The molecule has 0 radical (unpaired) electrons. The molecular formula is C21H21Cl2NO3. The number of methoxy groups -OCH3 is 1. The summed E-state index contributed by atoms with van der Waals surface area (Å²) in [6.45, 7) is 3.47. The molecule has 27 heavy (non-hydrogen) atoms. The van der Waals surface area contributed by atoms with Crippen molar-refractivity contribution in [2.24, 2.45) is 0 Å². The van der Waals surface area contributed by atoms with Crippen LogP contribution in [-0.2, 0) is 4.74 Å². The molecule has 0 amide bonds. The molecular weight excluding hydrogens is 385 g/mol. The summed E-state index contributed by atoms with van der Waals surface area (Å²) in [7, 11) is 1.60. The summed E-state index contributed by atoms with van der Waals surface area (Å²) in [5.41, 5.74) is 2.05. The second kappa shape index (κ2) is 9.38. The minimum absolute atomic E-state index is 0.0323. The van der Waals surface area contributed by atoms with Crippen LogP contribution in [0.4, 0.5) is 0 Å². The molecule has 2 aromatic rings. The lowest BCUT2D eigenvalue weighted by Gasteiger charge is -2.27. The maximum atomic E-state index is 13.2. The smallest absolute Gasteiger partial charge is 0.190 e. The number of hydrogen-bond acceptors (Lipinski definition) is 4. The van der Waals surface area contributed by atoms with Crippen LogP contribution in [0.1, 0.15) is 15.9 Å². The maximum Gasteiger partial charge on any atom is 0.190 e. The van der Waals surface area contributed by atoms with Gasteiger partial charge in [-0.05, 0) is 48.0 Å². The largest absolute Gasteiger partial charge is 0.497 e. The van der Waals surface area contributed by atoms with Crippen LogP contribution in [0.15, 0.2) is 48.0 Å². The van der Waals surface area contributed by atoms with E-state index in [1.807, 2.05) is 12.1 Å². The third kappa shape index (κ3) is 5.33. The molecule has 6 heteroatoms. The van der Waals surface area contributed by atoms with Gasteiger partial charge in [-0.25, -0.2) is 0 Å². The van der Waals surface area contributed by atoms with Gasteiger partial charge in [-0.3, -0.25) is 9.69 Å². The van der Waals surface area contributed by atoms with Crippen molar-refractivity contribution < 1.29 is 14.3 Å². The molecule has 1 fully saturated rings. The van der Waals surface area contributed by atoms with Gasteiger partial charge in [0.1, 0.15) is 5.75 Å². The molecule has 0 aromatic heterocycles. The third-order valence-electron chi connectivity index (χ3n) is 4.43. The van der Waals surface area contributed by atoms with Crippen molar-refractivity contribution in [2.45, 2.75) is 0 Å². The quantitative estimate of drug-likeness (QED) is 0.519. The zero-order valence-electron chi connectivity index (χ0n) is 15.1. The number of ether oxygens (including phenoxy) is 2. The molecule has 0 atom stereocenters. The standard InChI is InChI=1S/C21H21Cl2NO3/c1-26-19-6-3-15(4-7-19)21(25)17(14-24-8-10-27-11-9-24)12-16-2-5-18(22)13-20(16)23/h2-7,12-13H,8-11,14H2,1H3/b17-12+. The highest BCUT2D eigenvalue weighted by atomic mass is 35.5. The van der Waals surface area contributed by atoms with Crippen LogP contribution >= 0.6 is 23.2 Å². The van der Waals surface area contributed by atoms with Gasteiger partial charge in [0.15, 0.2) is 5.78 Å². The number of halogens is 2. The number of carbonyl (C=O) groups excluding carboxylic acids is 1. The summed E-state index contributed by atoms with van der Waals surface area (Å²) in [4.78, 5) is 15.4. The van der Waals surface area contributed by atoms with Gasteiger partial charge >= 0.3 is 0 Å². The topological polar surface area (TPSA) is 38.8 Å². The zero-order valence-corrected chi connectivity index (χ0v) is 16.6. The Labute approximate surface area is 169 Å². The van der Waals surface area contributed by atoms with Crippen molar-refractivity contribution in [3.05, 3.63) is 69.2 Å². The van der Waals surface area contributed by atoms with E-state index in [2.05, 4.69) is 4.90 Å². The van der Waals surface area contributed by atoms with E-state index in [1.165, 1.54) is 0 Å². The minimum Gasteiger partial charge on any atom is -0.497 e. The summed E-state index contributed by atoms with van der Waals surface area (Å²) in [5, 5.41) is 1.08. The molecule has 1 aliphatic heterocycles. The van der Waals surface area contributed by atoms with Crippen LogP contribution < -0.4 is 4.74 Å². The second-order valence-corrected chi connectivity index (χ2v) is 7.13. The average Bonchev–Trinajstić information content (AvgIpc) is 2.69. The van der Waals surface area contributed by atoms with E-state index in [9.17, 15) is 4.79 Å². The number of carbonyl (C=O) groups is 1. The van der Waals surface area contributed by atoms with Crippen LogP contribution in [0.3, 0.4) is 0 Å². The minimum atomic E-state index is -0.0323. The van der Waals surface area contributed by atoms with Crippen molar-refractivity contribution in [3.63, 3.8) is 0 Å². The fraction of sp³-hybridized carbons (Fsp3) is 0.286. The monoisotopic (exact) mass is 405 g/mol. The van der Waals surface area contributed by atoms with Crippen molar-refractivity contribution in [3.8, 4) is 5.75 Å². The van der Waals surface area contributed by atoms with Crippen LogP contribution in [0, 0.1) is 0 Å². The van der Waals surface area contributed by atoms with E-state index in [4.69, 9.17) is 32.7 Å². The number of rotatable bonds is 6. The molecule has 1 heterocycles. The van der Waals surface area contributed by atoms with Gasteiger partial charge in [0.2, 0.25) is 0 Å². The van der Waals surface area contributed by atoms with Crippen LogP contribution in [0.5, 0.6) is 5.75 Å². The van der Waals surface area contributed by atoms with Gasteiger partial charge in [0, 0.05) is 40.8 Å².